The van der Waals surface area contributed by atoms with Gasteiger partial charge in [0.15, 0.2) is 10.6 Å². The van der Waals surface area contributed by atoms with Crippen LogP contribution in [-0.2, 0) is 4.79 Å². The first kappa shape index (κ1) is 20.0. The van der Waals surface area contributed by atoms with E-state index in [4.69, 9.17) is 4.74 Å². The van der Waals surface area contributed by atoms with Crippen molar-refractivity contribution in [1.29, 1.82) is 0 Å². The van der Waals surface area contributed by atoms with Crippen molar-refractivity contribution in [2.45, 2.75) is 19.9 Å². The van der Waals surface area contributed by atoms with Crippen molar-refractivity contribution in [2.75, 3.05) is 7.11 Å². The number of allylic oxidation sites excluding steroid dienone is 2. The molecule has 0 fully saturated rings. The number of carbonyl (C=O) groups is 1. The zero-order valence-electron chi connectivity index (χ0n) is 16.7. The lowest BCUT2D eigenvalue weighted by Crippen LogP contribution is -2.39. The van der Waals surface area contributed by atoms with Gasteiger partial charge in [0.2, 0.25) is 0 Å². The topological polar surface area (TPSA) is 60.7 Å². The second kappa shape index (κ2) is 7.84. The summed E-state index contributed by atoms with van der Waals surface area (Å²) < 4.78 is 20.5. The summed E-state index contributed by atoms with van der Waals surface area (Å²) >= 11 is 1.25. The van der Waals surface area contributed by atoms with Crippen LogP contribution in [-0.4, -0.2) is 17.5 Å². The van der Waals surface area contributed by atoms with Gasteiger partial charge in [0.1, 0.15) is 11.6 Å². The third-order valence-corrected chi connectivity index (χ3v) is 5.98. The van der Waals surface area contributed by atoms with Crippen molar-refractivity contribution in [3.63, 3.8) is 0 Å². The average molecular weight is 422 g/mol. The van der Waals surface area contributed by atoms with E-state index in [1.165, 1.54) is 30.4 Å². The van der Waals surface area contributed by atoms with E-state index in [0.29, 0.717) is 31.9 Å². The number of halogens is 1. The first-order valence-corrected chi connectivity index (χ1v) is 10.1. The molecule has 0 N–H and O–H groups in total. The van der Waals surface area contributed by atoms with Gasteiger partial charge in [-0.1, -0.05) is 35.6 Å². The third-order valence-electron chi connectivity index (χ3n) is 5.00. The van der Waals surface area contributed by atoms with Crippen molar-refractivity contribution >= 4 is 23.2 Å². The summed E-state index contributed by atoms with van der Waals surface area (Å²) in [7, 11) is 1.58. The number of benzene rings is 2. The van der Waals surface area contributed by atoms with E-state index in [0.717, 1.165) is 5.56 Å². The SMILES string of the molecule is COc1ccc([C@@H]2C(C(C)=O)=C(C)N=c3s/c(=C/c4ccc(F)cc4)c(=O)n32)cc1. The van der Waals surface area contributed by atoms with Crippen LogP contribution in [0, 0.1) is 5.82 Å². The highest BCUT2D eigenvalue weighted by Crippen LogP contribution is 2.31. The molecule has 4 rings (SSSR count). The van der Waals surface area contributed by atoms with Crippen LogP contribution in [0.15, 0.2) is 69.6 Å². The molecule has 0 amide bonds. The fourth-order valence-corrected chi connectivity index (χ4v) is 4.63. The number of methoxy groups -OCH3 is 1. The van der Waals surface area contributed by atoms with E-state index < -0.39 is 6.04 Å². The quantitative estimate of drug-likeness (QED) is 0.650. The van der Waals surface area contributed by atoms with Crippen LogP contribution in [0.25, 0.3) is 6.08 Å². The smallest absolute Gasteiger partial charge is 0.271 e. The number of hydrogen-bond donors (Lipinski definition) is 0. The van der Waals surface area contributed by atoms with Crippen molar-refractivity contribution < 1.29 is 13.9 Å². The number of thiazole rings is 1. The number of carbonyl (C=O) groups excluding carboxylic acids is 1. The Bertz CT molecular complexity index is 1330. The number of nitrogens with zero attached hydrogens (tertiary/aromatic N) is 2. The van der Waals surface area contributed by atoms with Gasteiger partial charge in [-0.15, -0.1) is 0 Å². The maximum Gasteiger partial charge on any atom is 0.271 e. The van der Waals surface area contributed by atoms with Crippen molar-refractivity contribution in [2.24, 2.45) is 4.99 Å². The highest BCUT2D eigenvalue weighted by molar-refractivity contribution is 7.07. The third kappa shape index (κ3) is 3.52. The second-order valence-electron chi connectivity index (χ2n) is 6.96. The summed E-state index contributed by atoms with van der Waals surface area (Å²) in [6.45, 7) is 3.27. The van der Waals surface area contributed by atoms with Gasteiger partial charge in [-0.2, -0.15) is 0 Å². The number of hydrogen-bond acceptors (Lipinski definition) is 5. The molecule has 0 unspecified atom stereocenters. The molecule has 0 saturated carbocycles. The summed E-state index contributed by atoms with van der Waals surface area (Å²) in [5.74, 6) is 0.215. The molecule has 152 valence electrons. The Balaban J connectivity index is 1.94. The molecule has 2 aromatic carbocycles. The van der Waals surface area contributed by atoms with Crippen LogP contribution >= 0.6 is 11.3 Å². The molecule has 1 atom stereocenters. The summed E-state index contributed by atoms with van der Waals surface area (Å²) in [5, 5.41) is 0. The first-order chi connectivity index (χ1) is 14.4. The summed E-state index contributed by atoms with van der Waals surface area (Å²) in [4.78, 5) is 30.8. The van der Waals surface area contributed by atoms with Crippen LogP contribution < -0.4 is 19.6 Å². The Morgan fingerprint density at radius 1 is 1.17 bits per heavy atom. The lowest BCUT2D eigenvalue weighted by Gasteiger charge is -2.24. The molecule has 0 aliphatic carbocycles. The zero-order valence-corrected chi connectivity index (χ0v) is 17.5. The van der Waals surface area contributed by atoms with Gasteiger partial charge < -0.3 is 4.74 Å². The summed E-state index contributed by atoms with van der Waals surface area (Å²) in [6, 6.07) is 12.7. The summed E-state index contributed by atoms with van der Waals surface area (Å²) in [6.07, 6.45) is 1.71. The Morgan fingerprint density at radius 2 is 1.83 bits per heavy atom. The van der Waals surface area contributed by atoms with Crippen LogP contribution in [0.5, 0.6) is 5.75 Å². The molecule has 1 aliphatic rings. The molecule has 2 heterocycles. The first-order valence-electron chi connectivity index (χ1n) is 9.32. The van der Waals surface area contributed by atoms with E-state index in [-0.39, 0.29) is 17.2 Å². The molecular weight excluding hydrogens is 403 g/mol. The lowest BCUT2D eigenvalue weighted by atomic mass is 9.93. The van der Waals surface area contributed by atoms with Gasteiger partial charge in [-0.3, -0.25) is 14.2 Å². The molecule has 0 saturated heterocycles. The Morgan fingerprint density at radius 3 is 2.43 bits per heavy atom. The number of Topliss-reactive ketones (excluding diaryl/α,β-unsaturated/α-hetero) is 1. The van der Waals surface area contributed by atoms with E-state index in [1.807, 2.05) is 12.1 Å². The van der Waals surface area contributed by atoms with Crippen LogP contribution in [0.1, 0.15) is 31.0 Å². The van der Waals surface area contributed by atoms with E-state index >= 15 is 0 Å². The van der Waals surface area contributed by atoms with Gasteiger partial charge >= 0.3 is 0 Å². The summed E-state index contributed by atoms with van der Waals surface area (Å²) in [5.41, 5.74) is 2.35. The standard InChI is InChI=1S/C23H19FN2O3S/c1-13-20(14(2)27)21(16-6-10-18(29-3)11-7-16)26-22(28)19(30-23(26)25-13)12-15-4-8-17(24)9-5-15/h4-12,21H,1-3H3/b19-12+/t21-/m1/s1. The van der Waals surface area contributed by atoms with Gasteiger partial charge in [0.05, 0.1) is 17.7 Å². The van der Waals surface area contributed by atoms with Gasteiger partial charge in [-0.25, -0.2) is 9.38 Å². The number of aromatic nitrogens is 1. The van der Waals surface area contributed by atoms with Crippen molar-refractivity contribution in [3.05, 3.63) is 96.4 Å². The Labute approximate surface area is 176 Å². The van der Waals surface area contributed by atoms with Crippen LogP contribution in [0.3, 0.4) is 0 Å². The molecule has 3 aromatic rings. The molecule has 1 aromatic heterocycles. The van der Waals surface area contributed by atoms with Gasteiger partial charge in [-0.05, 0) is 55.3 Å². The van der Waals surface area contributed by atoms with Gasteiger partial charge in [0.25, 0.3) is 5.56 Å². The monoisotopic (exact) mass is 422 g/mol. The van der Waals surface area contributed by atoms with E-state index in [2.05, 4.69) is 4.99 Å². The minimum Gasteiger partial charge on any atom is -0.497 e. The second-order valence-corrected chi connectivity index (χ2v) is 7.97. The molecule has 7 heteroatoms. The minimum absolute atomic E-state index is 0.134. The number of fused-ring (bicyclic) bond motifs is 1. The fourth-order valence-electron chi connectivity index (χ4n) is 3.58. The molecule has 30 heavy (non-hydrogen) atoms. The highest BCUT2D eigenvalue weighted by atomic mass is 32.1. The molecule has 0 bridgehead atoms. The predicted octanol–water partition coefficient (Wildman–Crippen LogP) is 2.97. The van der Waals surface area contributed by atoms with E-state index in [1.54, 1.807) is 48.9 Å². The van der Waals surface area contributed by atoms with E-state index in [9.17, 15) is 14.0 Å². The molecular formula is C23H19FN2O3S. The Hall–Kier alpha value is -3.32. The number of ketones is 1. The van der Waals surface area contributed by atoms with Crippen LogP contribution in [0.4, 0.5) is 4.39 Å². The highest BCUT2D eigenvalue weighted by Gasteiger charge is 2.30. The van der Waals surface area contributed by atoms with Gasteiger partial charge in [0, 0.05) is 11.3 Å². The van der Waals surface area contributed by atoms with Crippen molar-refractivity contribution in [3.8, 4) is 5.75 Å². The Kier molecular flexibility index (Phi) is 5.22. The van der Waals surface area contributed by atoms with Crippen LogP contribution in [0.2, 0.25) is 0 Å². The molecule has 0 spiro atoms. The normalized spacial score (nSPS) is 16.3. The molecule has 0 radical (unpaired) electrons. The lowest BCUT2D eigenvalue weighted by molar-refractivity contribution is -0.114. The van der Waals surface area contributed by atoms with Crippen molar-refractivity contribution in [1.82, 2.24) is 4.57 Å². The maximum absolute atomic E-state index is 13.3. The fraction of sp³-hybridized carbons (Fsp3) is 0.174. The number of rotatable bonds is 4. The predicted molar refractivity (Wildman–Crippen MR) is 114 cm³/mol. The average Bonchev–Trinajstić information content (AvgIpc) is 3.03. The zero-order chi connectivity index (χ0) is 21.4. The molecule has 5 nitrogen and oxygen atoms in total. The number of ether oxygens (including phenoxy) is 1. The maximum atomic E-state index is 13.3. The largest absolute Gasteiger partial charge is 0.497 e. The minimum atomic E-state index is -0.569. The molecule has 1 aliphatic heterocycles.